The van der Waals surface area contributed by atoms with Crippen molar-refractivity contribution in [2.24, 2.45) is 18.4 Å². The second-order valence-electron chi connectivity index (χ2n) is 9.11. The van der Waals surface area contributed by atoms with E-state index in [1.165, 1.54) is 0 Å². The van der Waals surface area contributed by atoms with Crippen LogP contribution in [0, 0.1) is 17.2 Å². The number of fused-ring (bicyclic) bond motifs is 1. The molecule has 2 aliphatic rings. The normalized spacial score (nSPS) is 17.5. The van der Waals surface area contributed by atoms with Gasteiger partial charge in [-0.3, -0.25) is 9.59 Å². The Balaban J connectivity index is 1.12. The van der Waals surface area contributed by atoms with Gasteiger partial charge in [-0.25, -0.2) is 8.91 Å². The molecule has 1 spiro atoms. The summed E-state index contributed by atoms with van der Waals surface area (Å²) >= 11 is 0. The highest BCUT2D eigenvalue weighted by molar-refractivity contribution is 6.00. The van der Waals surface area contributed by atoms with Gasteiger partial charge in [-0.2, -0.15) is 5.10 Å². The van der Waals surface area contributed by atoms with Crippen LogP contribution in [0.15, 0.2) is 36.8 Å². The van der Waals surface area contributed by atoms with E-state index in [4.69, 9.17) is 0 Å². The van der Waals surface area contributed by atoms with Crippen LogP contribution in [0.5, 0.6) is 5.75 Å². The monoisotopic (exact) mass is 479 g/mol. The second kappa shape index (κ2) is 7.74. The number of rotatable bonds is 5. The molecule has 34 heavy (non-hydrogen) atoms. The Morgan fingerprint density at radius 3 is 2.68 bits per heavy atom. The smallest absolute Gasteiger partial charge is 0.406 e. The van der Waals surface area contributed by atoms with Gasteiger partial charge in [0.25, 0.3) is 5.91 Å². The number of anilines is 1. The number of alkyl halides is 3. The van der Waals surface area contributed by atoms with Gasteiger partial charge >= 0.3 is 6.36 Å². The third-order valence-corrected chi connectivity index (χ3v) is 6.47. The second-order valence-corrected chi connectivity index (χ2v) is 9.11. The average Bonchev–Trinajstić information content (AvgIpc) is 3.27. The largest absolute Gasteiger partial charge is 0.573 e. The van der Waals surface area contributed by atoms with E-state index in [0.717, 1.165) is 36.7 Å². The predicted octanol–water partition coefficient (Wildman–Crippen LogP) is 3.59. The predicted molar refractivity (Wildman–Crippen MR) is 112 cm³/mol. The maximum Gasteiger partial charge on any atom is 0.573 e. The summed E-state index contributed by atoms with van der Waals surface area (Å²) in [6.45, 7) is 1.19. The highest BCUT2D eigenvalue weighted by atomic mass is 19.4. The Morgan fingerprint density at radius 1 is 1.24 bits per heavy atom. The van der Waals surface area contributed by atoms with Gasteiger partial charge < -0.3 is 19.5 Å². The minimum atomic E-state index is -4.91. The van der Waals surface area contributed by atoms with Crippen LogP contribution in [-0.4, -0.2) is 50.3 Å². The van der Waals surface area contributed by atoms with Crippen LogP contribution in [0.25, 0.3) is 5.65 Å². The molecule has 8 nitrogen and oxygen atoms in total. The van der Waals surface area contributed by atoms with Crippen molar-refractivity contribution in [2.75, 3.05) is 18.4 Å². The number of nitrogens with one attached hydrogen (secondary N) is 1. The van der Waals surface area contributed by atoms with Crippen molar-refractivity contribution < 1.29 is 31.9 Å². The number of aryl methyl sites for hydroxylation is 1. The minimum absolute atomic E-state index is 0.0210. The topological polar surface area (TPSA) is 80.9 Å². The summed E-state index contributed by atoms with van der Waals surface area (Å²) in [5, 5.41) is 6.52. The van der Waals surface area contributed by atoms with Crippen LogP contribution >= 0.6 is 0 Å². The maximum atomic E-state index is 13.9. The molecular formula is C22H21F4N5O3. The first kappa shape index (κ1) is 22.2. The van der Waals surface area contributed by atoms with Crippen LogP contribution in [0.2, 0.25) is 0 Å². The molecule has 0 radical (unpaired) electrons. The number of ether oxygens (including phenoxy) is 1. The number of carbonyl (C=O) groups excluding carboxylic acids is 2. The van der Waals surface area contributed by atoms with Crippen LogP contribution < -0.4 is 10.1 Å². The maximum absolute atomic E-state index is 13.9. The number of carbonyl (C=O) groups is 2. The number of halogens is 4. The van der Waals surface area contributed by atoms with Crippen molar-refractivity contribution in [3.05, 3.63) is 48.2 Å². The first-order chi connectivity index (χ1) is 16.0. The zero-order chi connectivity index (χ0) is 24.3. The summed E-state index contributed by atoms with van der Waals surface area (Å²) in [4.78, 5) is 27.0. The minimum Gasteiger partial charge on any atom is -0.406 e. The number of hydrogen-bond acceptors (Lipinski definition) is 4. The molecule has 0 unspecified atom stereocenters. The van der Waals surface area contributed by atoms with Gasteiger partial charge in [0.2, 0.25) is 5.91 Å². The van der Waals surface area contributed by atoms with E-state index < -0.39 is 23.8 Å². The van der Waals surface area contributed by atoms with Gasteiger partial charge in [0.05, 0.1) is 11.9 Å². The SMILES string of the molecule is Cn1ccn2ncc(C(=O)N3CC4(CC(CC(=O)Nc5cc(OC(F)(F)F)ccc5F)C4)C3)c12. The fourth-order valence-electron chi connectivity index (χ4n) is 5.11. The standard InChI is InChI=1S/C22H21F4N5O3/c1-29-4-5-31-19(29)15(10-27-31)20(33)30-11-21(12-30)8-13(9-21)6-18(32)28-17-7-14(2-3-16(17)23)34-22(24,25)26/h2-5,7,10,13H,6,8-9,11-12H2,1H3,(H,28,32). The first-order valence-corrected chi connectivity index (χ1v) is 10.7. The van der Waals surface area contributed by atoms with Gasteiger partial charge in [-0.05, 0) is 30.9 Å². The Hall–Kier alpha value is -3.57. The van der Waals surface area contributed by atoms with Gasteiger partial charge in [0.1, 0.15) is 22.8 Å². The quantitative estimate of drug-likeness (QED) is 0.568. The lowest BCUT2D eigenvalue weighted by atomic mass is 9.57. The summed E-state index contributed by atoms with van der Waals surface area (Å²) in [5.41, 5.74) is 0.879. The van der Waals surface area contributed by atoms with E-state index in [1.807, 2.05) is 17.8 Å². The molecule has 0 bridgehead atoms. The van der Waals surface area contributed by atoms with Gasteiger partial charge in [0, 0.05) is 50.4 Å². The van der Waals surface area contributed by atoms with E-state index in [0.29, 0.717) is 18.7 Å². The van der Waals surface area contributed by atoms with Crippen LogP contribution in [-0.2, 0) is 11.8 Å². The highest BCUT2D eigenvalue weighted by Gasteiger charge is 2.54. The Labute approximate surface area is 191 Å². The number of imidazole rings is 1. The summed E-state index contributed by atoms with van der Waals surface area (Å²) in [6.07, 6.45) is 1.86. The molecule has 2 fully saturated rings. The molecule has 5 rings (SSSR count). The zero-order valence-electron chi connectivity index (χ0n) is 18.1. The van der Waals surface area contributed by atoms with E-state index in [2.05, 4.69) is 15.2 Å². The molecular weight excluding hydrogens is 458 g/mol. The molecule has 12 heteroatoms. The van der Waals surface area contributed by atoms with Crippen molar-refractivity contribution in [3.8, 4) is 5.75 Å². The van der Waals surface area contributed by atoms with Crippen LogP contribution in [0.1, 0.15) is 29.6 Å². The van der Waals surface area contributed by atoms with Crippen molar-refractivity contribution in [3.63, 3.8) is 0 Å². The van der Waals surface area contributed by atoms with Gasteiger partial charge in [0.15, 0.2) is 0 Å². The molecule has 1 N–H and O–H groups in total. The lowest BCUT2D eigenvalue weighted by Gasteiger charge is -2.59. The molecule has 0 atom stereocenters. The lowest BCUT2D eigenvalue weighted by molar-refractivity contribution is -0.274. The summed E-state index contributed by atoms with van der Waals surface area (Å²) in [6, 6.07) is 2.45. The Morgan fingerprint density at radius 2 is 1.97 bits per heavy atom. The number of amides is 2. The average molecular weight is 479 g/mol. The van der Waals surface area contributed by atoms with Crippen molar-refractivity contribution >= 4 is 23.1 Å². The van der Waals surface area contributed by atoms with Crippen LogP contribution in [0.4, 0.5) is 23.2 Å². The molecule has 1 aliphatic heterocycles. The van der Waals surface area contributed by atoms with Gasteiger partial charge in [-0.15, -0.1) is 13.2 Å². The molecule has 1 aromatic carbocycles. The molecule has 3 aromatic rings. The van der Waals surface area contributed by atoms with E-state index in [1.54, 1.807) is 21.8 Å². The molecule has 2 amide bonds. The van der Waals surface area contributed by atoms with Crippen molar-refractivity contribution in [1.29, 1.82) is 0 Å². The lowest BCUT2D eigenvalue weighted by Crippen LogP contribution is -2.63. The van der Waals surface area contributed by atoms with Crippen LogP contribution in [0.3, 0.4) is 0 Å². The third-order valence-electron chi connectivity index (χ3n) is 6.47. The summed E-state index contributed by atoms with van der Waals surface area (Å²) < 4.78 is 58.3. The number of hydrogen-bond donors (Lipinski definition) is 1. The van der Waals surface area contributed by atoms with E-state index in [-0.39, 0.29) is 29.3 Å². The number of likely N-dealkylation sites (tertiary alicyclic amines) is 1. The number of benzene rings is 1. The fraction of sp³-hybridized carbons (Fsp3) is 0.409. The molecule has 1 saturated carbocycles. The Kier molecular flexibility index (Phi) is 5.06. The fourth-order valence-corrected chi connectivity index (χ4v) is 5.11. The van der Waals surface area contributed by atoms with Crippen molar-refractivity contribution in [1.82, 2.24) is 19.1 Å². The zero-order valence-corrected chi connectivity index (χ0v) is 18.1. The molecule has 1 aliphatic carbocycles. The summed E-state index contributed by atoms with van der Waals surface area (Å²) in [5.74, 6) is -1.97. The molecule has 3 heterocycles. The first-order valence-electron chi connectivity index (χ1n) is 10.7. The third kappa shape index (κ3) is 4.08. The highest BCUT2D eigenvalue weighted by Crippen LogP contribution is 2.53. The van der Waals surface area contributed by atoms with E-state index >= 15 is 0 Å². The molecule has 1 saturated heterocycles. The van der Waals surface area contributed by atoms with E-state index in [9.17, 15) is 27.2 Å². The van der Waals surface area contributed by atoms with Gasteiger partial charge in [-0.1, -0.05) is 0 Å². The van der Waals surface area contributed by atoms with Crippen molar-refractivity contribution in [2.45, 2.75) is 25.6 Å². The molecule has 180 valence electrons. The number of nitrogens with zero attached hydrogens (tertiary/aromatic N) is 4. The number of aromatic nitrogens is 3. The Bertz CT molecular complexity index is 1270. The summed E-state index contributed by atoms with van der Waals surface area (Å²) in [7, 11) is 1.85. The molecule has 2 aromatic heterocycles.